The van der Waals surface area contributed by atoms with Crippen LogP contribution in [-0.4, -0.2) is 13.1 Å². The van der Waals surface area contributed by atoms with Crippen LogP contribution in [0.25, 0.3) is 0 Å². The summed E-state index contributed by atoms with van der Waals surface area (Å²) < 4.78 is 4.71. The Balaban J connectivity index is 2.27. The lowest BCUT2D eigenvalue weighted by atomic mass is 10.1. The fourth-order valence-corrected chi connectivity index (χ4v) is 2.49. The van der Waals surface area contributed by atoms with Gasteiger partial charge in [-0.05, 0) is 36.8 Å². The zero-order chi connectivity index (χ0) is 15.4. The Bertz CT molecular complexity index is 658. The molecule has 1 unspecified atom stereocenters. The lowest BCUT2D eigenvalue weighted by Gasteiger charge is -2.18. The van der Waals surface area contributed by atoms with E-state index in [0.717, 1.165) is 5.56 Å². The maximum atomic E-state index is 11.6. The smallest absolute Gasteiger partial charge is 0.337 e. The first kappa shape index (κ1) is 15.7. The maximum absolute atomic E-state index is 11.6. The first-order valence-corrected chi connectivity index (χ1v) is 7.17. The second-order valence-corrected chi connectivity index (χ2v) is 5.39. The van der Waals surface area contributed by atoms with Crippen molar-refractivity contribution in [3.63, 3.8) is 0 Å². The minimum absolute atomic E-state index is 0.0518. The average Bonchev–Trinajstić information content (AvgIpc) is 2.49. The van der Waals surface area contributed by atoms with E-state index < -0.39 is 5.97 Å². The lowest BCUT2D eigenvalue weighted by Crippen LogP contribution is -2.09. The van der Waals surface area contributed by atoms with Crippen LogP contribution in [-0.2, 0) is 4.74 Å². The molecule has 21 heavy (non-hydrogen) atoms. The normalized spacial score (nSPS) is 11.8. The van der Waals surface area contributed by atoms with Gasteiger partial charge in [0.05, 0.1) is 29.4 Å². The number of halogens is 2. The van der Waals surface area contributed by atoms with E-state index in [1.807, 2.05) is 31.2 Å². The lowest BCUT2D eigenvalue weighted by molar-refractivity contribution is 0.0601. The standard InChI is InChI=1S/C16H15Cl2NO2/c1-10(12-5-3-4-6-13(12)17)19-15-9-11(16(20)21-2)7-8-14(15)18/h3-10,19H,1-2H3. The summed E-state index contributed by atoms with van der Waals surface area (Å²) in [7, 11) is 1.34. The van der Waals surface area contributed by atoms with Crippen LogP contribution in [0.2, 0.25) is 10.0 Å². The summed E-state index contributed by atoms with van der Waals surface area (Å²) in [6.45, 7) is 1.97. The number of ether oxygens (including phenoxy) is 1. The highest BCUT2D eigenvalue weighted by Gasteiger charge is 2.13. The molecule has 1 atom stereocenters. The Morgan fingerprint density at radius 3 is 2.52 bits per heavy atom. The molecule has 110 valence electrons. The first-order valence-electron chi connectivity index (χ1n) is 6.41. The molecule has 3 nitrogen and oxygen atoms in total. The Morgan fingerprint density at radius 2 is 1.86 bits per heavy atom. The molecule has 2 aromatic rings. The predicted octanol–water partition coefficient (Wildman–Crippen LogP) is 4.95. The van der Waals surface area contributed by atoms with Gasteiger partial charge in [-0.25, -0.2) is 4.79 Å². The summed E-state index contributed by atoms with van der Waals surface area (Å²) in [6, 6.07) is 12.5. The monoisotopic (exact) mass is 323 g/mol. The second kappa shape index (κ2) is 6.83. The van der Waals surface area contributed by atoms with Crippen molar-refractivity contribution in [3.8, 4) is 0 Å². The Hall–Kier alpha value is -1.71. The molecule has 1 N–H and O–H groups in total. The van der Waals surface area contributed by atoms with E-state index in [-0.39, 0.29) is 6.04 Å². The summed E-state index contributed by atoms with van der Waals surface area (Å²) in [6.07, 6.45) is 0. The van der Waals surface area contributed by atoms with Crippen LogP contribution in [0.1, 0.15) is 28.9 Å². The highest BCUT2D eigenvalue weighted by atomic mass is 35.5. The topological polar surface area (TPSA) is 38.3 Å². The molecule has 5 heteroatoms. The molecule has 0 aliphatic rings. The van der Waals surface area contributed by atoms with Crippen molar-refractivity contribution in [3.05, 3.63) is 63.6 Å². The number of rotatable bonds is 4. The van der Waals surface area contributed by atoms with Crippen molar-refractivity contribution in [2.24, 2.45) is 0 Å². The van der Waals surface area contributed by atoms with Gasteiger partial charge < -0.3 is 10.1 Å². The molecular formula is C16H15Cl2NO2. The fourth-order valence-electron chi connectivity index (χ4n) is 2.02. The van der Waals surface area contributed by atoms with Crippen LogP contribution >= 0.6 is 23.2 Å². The second-order valence-electron chi connectivity index (χ2n) is 4.57. The molecule has 0 fully saturated rings. The van der Waals surface area contributed by atoms with Gasteiger partial charge in [-0.1, -0.05) is 41.4 Å². The Kier molecular flexibility index (Phi) is 5.10. The average molecular weight is 324 g/mol. The van der Waals surface area contributed by atoms with Crippen LogP contribution in [0.4, 0.5) is 5.69 Å². The van der Waals surface area contributed by atoms with Gasteiger partial charge in [0.1, 0.15) is 0 Å². The molecule has 2 aromatic carbocycles. The van der Waals surface area contributed by atoms with Crippen LogP contribution in [0, 0.1) is 0 Å². The quantitative estimate of drug-likeness (QED) is 0.809. The third-order valence-electron chi connectivity index (χ3n) is 3.13. The van der Waals surface area contributed by atoms with Crippen molar-refractivity contribution in [2.75, 3.05) is 12.4 Å². The SMILES string of the molecule is COC(=O)c1ccc(Cl)c(NC(C)c2ccccc2Cl)c1. The number of carbonyl (C=O) groups is 1. The Labute approximate surface area is 133 Å². The molecular weight excluding hydrogens is 309 g/mol. The molecule has 0 heterocycles. The maximum Gasteiger partial charge on any atom is 0.337 e. The molecule has 0 aliphatic carbocycles. The minimum Gasteiger partial charge on any atom is -0.465 e. The summed E-state index contributed by atoms with van der Waals surface area (Å²) in [5, 5.41) is 4.47. The molecule has 0 spiro atoms. The first-order chi connectivity index (χ1) is 10.0. The van der Waals surface area contributed by atoms with Gasteiger partial charge in [0.25, 0.3) is 0 Å². The number of methoxy groups -OCH3 is 1. The van der Waals surface area contributed by atoms with E-state index >= 15 is 0 Å². The van der Waals surface area contributed by atoms with Gasteiger partial charge in [0, 0.05) is 5.02 Å². The minimum atomic E-state index is -0.403. The predicted molar refractivity (Wildman–Crippen MR) is 86.3 cm³/mol. The largest absolute Gasteiger partial charge is 0.465 e. The van der Waals surface area contributed by atoms with Crippen LogP contribution in [0.15, 0.2) is 42.5 Å². The van der Waals surface area contributed by atoms with Gasteiger partial charge in [0.2, 0.25) is 0 Å². The highest BCUT2D eigenvalue weighted by Crippen LogP contribution is 2.30. The molecule has 0 saturated carbocycles. The number of nitrogens with one attached hydrogen (secondary N) is 1. The van der Waals surface area contributed by atoms with E-state index in [4.69, 9.17) is 27.9 Å². The van der Waals surface area contributed by atoms with Crippen molar-refractivity contribution >= 4 is 34.9 Å². The van der Waals surface area contributed by atoms with Crippen molar-refractivity contribution < 1.29 is 9.53 Å². The van der Waals surface area contributed by atoms with Crippen molar-refractivity contribution in [2.45, 2.75) is 13.0 Å². The number of carbonyl (C=O) groups excluding carboxylic acids is 1. The molecule has 2 rings (SSSR count). The summed E-state index contributed by atoms with van der Waals surface area (Å²) in [5.74, 6) is -0.403. The Morgan fingerprint density at radius 1 is 1.14 bits per heavy atom. The van der Waals surface area contributed by atoms with Crippen LogP contribution < -0.4 is 5.32 Å². The third-order valence-corrected chi connectivity index (χ3v) is 3.80. The van der Waals surface area contributed by atoms with Crippen LogP contribution in [0.3, 0.4) is 0 Å². The molecule has 0 radical (unpaired) electrons. The number of hydrogen-bond donors (Lipinski definition) is 1. The van der Waals surface area contributed by atoms with E-state index in [2.05, 4.69) is 5.32 Å². The summed E-state index contributed by atoms with van der Waals surface area (Å²) >= 11 is 12.4. The van der Waals surface area contributed by atoms with Crippen molar-refractivity contribution in [1.29, 1.82) is 0 Å². The summed E-state index contributed by atoms with van der Waals surface area (Å²) in [5.41, 5.74) is 2.06. The van der Waals surface area contributed by atoms with Gasteiger partial charge >= 0.3 is 5.97 Å². The zero-order valence-electron chi connectivity index (χ0n) is 11.7. The van der Waals surface area contributed by atoms with Gasteiger partial charge in [-0.15, -0.1) is 0 Å². The highest BCUT2D eigenvalue weighted by molar-refractivity contribution is 6.33. The molecule has 0 amide bonds. The van der Waals surface area contributed by atoms with Gasteiger partial charge in [0.15, 0.2) is 0 Å². The molecule has 0 aliphatic heterocycles. The molecule has 0 bridgehead atoms. The molecule has 0 saturated heterocycles. The number of anilines is 1. The number of esters is 1. The molecule has 0 aromatic heterocycles. The van der Waals surface area contributed by atoms with E-state index in [9.17, 15) is 4.79 Å². The van der Waals surface area contributed by atoms with E-state index in [0.29, 0.717) is 21.3 Å². The number of hydrogen-bond acceptors (Lipinski definition) is 3. The fraction of sp³-hybridized carbons (Fsp3) is 0.188. The van der Waals surface area contributed by atoms with Crippen molar-refractivity contribution in [1.82, 2.24) is 0 Å². The van der Waals surface area contributed by atoms with Gasteiger partial charge in [-0.3, -0.25) is 0 Å². The zero-order valence-corrected chi connectivity index (χ0v) is 13.2. The van der Waals surface area contributed by atoms with Crippen LogP contribution in [0.5, 0.6) is 0 Å². The third kappa shape index (κ3) is 3.69. The van der Waals surface area contributed by atoms with E-state index in [1.54, 1.807) is 18.2 Å². The number of benzene rings is 2. The van der Waals surface area contributed by atoms with E-state index in [1.165, 1.54) is 7.11 Å². The van der Waals surface area contributed by atoms with Gasteiger partial charge in [-0.2, -0.15) is 0 Å². The summed E-state index contributed by atoms with van der Waals surface area (Å²) in [4.78, 5) is 11.6.